The van der Waals surface area contributed by atoms with Crippen LogP contribution in [0, 0.1) is 5.41 Å². The Morgan fingerprint density at radius 1 is 1.07 bits per heavy atom. The van der Waals surface area contributed by atoms with Gasteiger partial charge < -0.3 is 15.1 Å². The van der Waals surface area contributed by atoms with Gasteiger partial charge in [0.1, 0.15) is 5.41 Å². The number of hydrogen-bond acceptors (Lipinski definition) is 3. The van der Waals surface area contributed by atoms with Crippen molar-refractivity contribution in [2.24, 2.45) is 5.41 Å². The predicted octanol–water partition coefficient (Wildman–Crippen LogP) is 2.77. The summed E-state index contributed by atoms with van der Waals surface area (Å²) >= 11 is 0. The minimum Gasteiger partial charge on any atom is -0.340 e. The lowest BCUT2D eigenvalue weighted by atomic mass is 9.85. The fourth-order valence-corrected chi connectivity index (χ4v) is 3.85. The van der Waals surface area contributed by atoms with Crippen molar-refractivity contribution < 1.29 is 18.4 Å². The molecule has 148 valence electrons. The summed E-state index contributed by atoms with van der Waals surface area (Å²) < 4.78 is 26.9. The lowest BCUT2D eigenvalue weighted by Gasteiger charge is -2.32. The number of anilines is 1. The van der Waals surface area contributed by atoms with Crippen LogP contribution in [-0.4, -0.2) is 61.3 Å². The third-order valence-corrected chi connectivity index (χ3v) is 5.79. The van der Waals surface area contributed by atoms with Crippen molar-refractivity contribution in [1.29, 1.82) is 0 Å². The Balaban J connectivity index is 1.57. The molecule has 2 fully saturated rings. The van der Waals surface area contributed by atoms with E-state index in [2.05, 4.69) is 10.2 Å². The number of hydrogen-bond donors (Lipinski definition) is 1. The van der Waals surface area contributed by atoms with Crippen molar-refractivity contribution in [1.82, 2.24) is 9.80 Å². The minimum atomic E-state index is -2.65. The van der Waals surface area contributed by atoms with E-state index in [0.29, 0.717) is 24.9 Å². The highest BCUT2D eigenvalue weighted by Gasteiger charge is 2.49. The first kappa shape index (κ1) is 19.7. The first-order valence-electron chi connectivity index (χ1n) is 9.55. The van der Waals surface area contributed by atoms with Crippen LogP contribution in [0.15, 0.2) is 24.3 Å². The van der Waals surface area contributed by atoms with Crippen molar-refractivity contribution in [2.45, 2.75) is 38.5 Å². The highest BCUT2D eigenvalue weighted by molar-refractivity contribution is 5.96. The van der Waals surface area contributed by atoms with E-state index in [1.165, 1.54) is 0 Å². The van der Waals surface area contributed by atoms with Crippen LogP contribution in [0.2, 0.25) is 0 Å². The Morgan fingerprint density at radius 3 is 2.22 bits per heavy atom. The summed E-state index contributed by atoms with van der Waals surface area (Å²) in [5.74, 6) is -0.515. The molecule has 1 saturated carbocycles. The number of amides is 2. The van der Waals surface area contributed by atoms with Crippen LogP contribution in [0.5, 0.6) is 0 Å². The number of likely N-dealkylation sites (N-methyl/N-ethyl adjacent to an activating group) is 1. The average molecular weight is 379 g/mol. The van der Waals surface area contributed by atoms with Crippen LogP contribution in [-0.2, 0) is 16.0 Å². The van der Waals surface area contributed by atoms with Gasteiger partial charge in [-0.2, -0.15) is 0 Å². The summed E-state index contributed by atoms with van der Waals surface area (Å²) in [5.41, 5.74) is -0.222. The van der Waals surface area contributed by atoms with Crippen LogP contribution in [0.3, 0.4) is 0 Å². The van der Waals surface area contributed by atoms with Gasteiger partial charge >= 0.3 is 0 Å². The molecule has 1 N–H and O–H groups in total. The zero-order valence-electron chi connectivity index (χ0n) is 15.7. The van der Waals surface area contributed by atoms with Crippen LogP contribution in [0.4, 0.5) is 14.5 Å². The molecule has 5 nitrogen and oxygen atoms in total. The van der Waals surface area contributed by atoms with Gasteiger partial charge in [-0.05, 0) is 37.6 Å². The van der Waals surface area contributed by atoms with E-state index in [9.17, 15) is 18.4 Å². The molecule has 2 aliphatic rings. The molecule has 0 aromatic heterocycles. The SMILES string of the molecule is CN1CCN(C(=O)Cc2ccc(NC(=O)C3(C(F)F)CCCC3)cc2)CC1. The molecule has 0 atom stereocenters. The fraction of sp³-hybridized carbons (Fsp3) is 0.600. The fourth-order valence-electron chi connectivity index (χ4n) is 3.85. The van der Waals surface area contributed by atoms with E-state index < -0.39 is 17.7 Å². The monoisotopic (exact) mass is 379 g/mol. The summed E-state index contributed by atoms with van der Waals surface area (Å²) in [6.07, 6.45) is -0.572. The van der Waals surface area contributed by atoms with Gasteiger partial charge in [-0.1, -0.05) is 25.0 Å². The Labute approximate surface area is 158 Å². The van der Waals surface area contributed by atoms with E-state index in [1.54, 1.807) is 24.3 Å². The summed E-state index contributed by atoms with van der Waals surface area (Å²) in [7, 11) is 2.04. The summed E-state index contributed by atoms with van der Waals surface area (Å²) in [5, 5.41) is 2.63. The number of nitrogens with one attached hydrogen (secondary N) is 1. The van der Waals surface area contributed by atoms with Crippen molar-refractivity contribution in [3.05, 3.63) is 29.8 Å². The van der Waals surface area contributed by atoms with Gasteiger partial charge in [-0.3, -0.25) is 9.59 Å². The van der Waals surface area contributed by atoms with Gasteiger partial charge in [-0.25, -0.2) is 8.78 Å². The highest BCUT2D eigenvalue weighted by atomic mass is 19.3. The van der Waals surface area contributed by atoms with Crippen molar-refractivity contribution in [3.63, 3.8) is 0 Å². The van der Waals surface area contributed by atoms with Crippen molar-refractivity contribution in [3.8, 4) is 0 Å². The Bertz CT molecular complexity index is 664. The van der Waals surface area contributed by atoms with Crippen molar-refractivity contribution >= 4 is 17.5 Å². The number of piperazine rings is 1. The first-order chi connectivity index (χ1) is 12.9. The smallest absolute Gasteiger partial charge is 0.252 e. The maximum atomic E-state index is 13.5. The van der Waals surface area contributed by atoms with Crippen LogP contribution in [0.25, 0.3) is 0 Å². The second-order valence-corrected chi connectivity index (χ2v) is 7.68. The third-order valence-electron chi connectivity index (χ3n) is 5.79. The zero-order chi connectivity index (χ0) is 19.4. The molecular weight excluding hydrogens is 352 g/mol. The van der Waals surface area contributed by atoms with Crippen LogP contribution in [0.1, 0.15) is 31.2 Å². The van der Waals surface area contributed by atoms with E-state index in [4.69, 9.17) is 0 Å². The van der Waals surface area contributed by atoms with E-state index in [0.717, 1.165) is 31.7 Å². The second kappa shape index (κ2) is 8.33. The van der Waals surface area contributed by atoms with Gasteiger partial charge in [0.25, 0.3) is 6.43 Å². The van der Waals surface area contributed by atoms with Crippen molar-refractivity contribution in [2.75, 3.05) is 38.5 Å². The van der Waals surface area contributed by atoms with Gasteiger partial charge in [0, 0.05) is 31.9 Å². The number of alkyl halides is 2. The number of benzene rings is 1. The van der Waals surface area contributed by atoms with Crippen LogP contribution >= 0.6 is 0 Å². The predicted molar refractivity (Wildman–Crippen MR) is 99.8 cm³/mol. The standard InChI is InChI=1S/C20H27F2N3O2/c1-24-10-12-25(13-11-24)17(26)14-15-4-6-16(7-5-15)23-19(27)20(18(21)22)8-2-3-9-20/h4-7,18H,2-3,8-14H2,1H3,(H,23,27). The lowest BCUT2D eigenvalue weighted by Crippen LogP contribution is -2.47. The molecule has 1 aromatic carbocycles. The van der Waals surface area contributed by atoms with Gasteiger partial charge in [0.15, 0.2) is 0 Å². The molecule has 1 aliphatic heterocycles. The molecular formula is C20H27F2N3O2. The minimum absolute atomic E-state index is 0.0856. The third kappa shape index (κ3) is 4.46. The topological polar surface area (TPSA) is 52.6 Å². The number of nitrogens with zero attached hydrogens (tertiary/aromatic N) is 2. The molecule has 1 heterocycles. The largest absolute Gasteiger partial charge is 0.340 e. The first-order valence-corrected chi connectivity index (χ1v) is 9.55. The molecule has 27 heavy (non-hydrogen) atoms. The maximum Gasteiger partial charge on any atom is 0.252 e. The molecule has 1 saturated heterocycles. The zero-order valence-corrected chi connectivity index (χ0v) is 15.7. The van der Waals surface area contributed by atoms with Gasteiger partial charge in [0.05, 0.1) is 6.42 Å². The maximum absolute atomic E-state index is 13.5. The molecule has 0 radical (unpaired) electrons. The molecule has 2 amide bonds. The summed E-state index contributed by atoms with van der Waals surface area (Å²) in [6.45, 7) is 3.23. The quantitative estimate of drug-likeness (QED) is 0.856. The molecule has 0 spiro atoms. The number of halogens is 2. The molecule has 1 aliphatic carbocycles. The Hall–Kier alpha value is -2.02. The van der Waals surface area contributed by atoms with Gasteiger partial charge in [-0.15, -0.1) is 0 Å². The number of carbonyl (C=O) groups excluding carboxylic acids is 2. The molecule has 3 rings (SSSR count). The van der Waals surface area contributed by atoms with Gasteiger partial charge in [0.2, 0.25) is 11.8 Å². The normalized spacial score (nSPS) is 20.1. The average Bonchev–Trinajstić information content (AvgIpc) is 3.15. The molecule has 0 bridgehead atoms. The number of rotatable bonds is 5. The van der Waals surface area contributed by atoms with E-state index >= 15 is 0 Å². The summed E-state index contributed by atoms with van der Waals surface area (Å²) in [6, 6.07) is 6.90. The summed E-state index contributed by atoms with van der Waals surface area (Å²) in [4.78, 5) is 28.9. The second-order valence-electron chi connectivity index (χ2n) is 7.68. The number of carbonyl (C=O) groups is 2. The molecule has 1 aromatic rings. The Morgan fingerprint density at radius 2 is 1.67 bits per heavy atom. The lowest BCUT2D eigenvalue weighted by molar-refractivity contribution is -0.134. The highest BCUT2D eigenvalue weighted by Crippen LogP contribution is 2.44. The molecule has 0 unspecified atom stereocenters. The molecule has 7 heteroatoms. The Kier molecular flexibility index (Phi) is 6.09. The van der Waals surface area contributed by atoms with Crippen LogP contribution < -0.4 is 5.32 Å². The van der Waals surface area contributed by atoms with E-state index in [-0.39, 0.29) is 18.7 Å². The van der Waals surface area contributed by atoms with E-state index in [1.807, 2.05) is 11.9 Å².